The van der Waals surface area contributed by atoms with Crippen LogP contribution in [0.5, 0.6) is 0 Å². The van der Waals surface area contributed by atoms with E-state index in [1.807, 2.05) is 0 Å². The van der Waals surface area contributed by atoms with E-state index in [1.165, 1.54) is 12.8 Å². The lowest BCUT2D eigenvalue weighted by molar-refractivity contribution is -0.134. The smallest absolute Gasteiger partial charge is 0.142 e. The zero-order valence-electron chi connectivity index (χ0n) is 12.8. The average Bonchev–Trinajstić information content (AvgIpc) is 2.24. The molecule has 1 unspecified atom stereocenters. The van der Waals surface area contributed by atoms with Gasteiger partial charge in [0.05, 0.1) is 0 Å². The van der Waals surface area contributed by atoms with Gasteiger partial charge in [0.15, 0.2) is 0 Å². The highest BCUT2D eigenvalue weighted by atomic mass is 16.1. The third kappa shape index (κ3) is 4.69. The van der Waals surface area contributed by atoms with Crippen molar-refractivity contribution in [3.05, 3.63) is 0 Å². The minimum absolute atomic E-state index is 0.0899. The molecular weight excluding hydrogens is 224 g/mol. The van der Waals surface area contributed by atoms with E-state index in [4.69, 9.17) is 0 Å². The Morgan fingerprint density at radius 2 is 1.89 bits per heavy atom. The molecule has 106 valence electrons. The van der Waals surface area contributed by atoms with Crippen molar-refractivity contribution in [1.29, 1.82) is 0 Å². The molecule has 18 heavy (non-hydrogen) atoms. The number of Topliss-reactive ketones (excluding diaryl/α,β-unsaturated/α-hetero) is 1. The zero-order valence-corrected chi connectivity index (χ0v) is 12.8. The van der Waals surface area contributed by atoms with E-state index in [0.717, 1.165) is 32.5 Å². The Labute approximate surface area is 113 Å². The van der Waals surface area contributed by atoms with Gasteiger partial charge in [-0.05, 0) is 53.5 Å². The standard InChI is InChI=1S/C15H30N2O/c1-15(2)9-6-8-13(14(15)18)12-17(5)11-7-10-16(3)4/h13H,6-12H2,1-5H3. The lowest BCUT2D eigenvalue weighted by atomic mass is 9.71. The molecule has 1 saturated carbocycles. The van der Waals surface area contributed by atoms with Crippen molar-refractivity contribution in [2.24, 2.45) is 11.3 Å². The van der Waals surface area contributed by atoms with E-state index >= 15 is 0 Å². The van der Waals surface area contributed by atoms with Crippen molar-refractivity contribution in [1.82, 2.24) is 9.80 Å². The van der Waals surface area contributed by atoms with Crippen LogP contribution in [0, 0.1) is 11.3 Å². The quantitative estimate of drug-likeness (QED) is 0.726. The fraction of sp³-hybridized carbons (Fsp3) is 0.933. The number of hydrogen-bond acceptors (Lipinski definition) is 3. The van der Waals surface area contributed by atoms with Crippen molar-refractivity contribution in [3.63, 3.8) is 0 Å². The molecule has 1 rings (SSSR count). The van der Waals surface area contributed by atoms with E-state index < -0.39 is 0 Å². The number of hydrogen-bond donors (Lipinski definition) is 0. The predicted molar refractivity (Wildman–Crippen MR) is 76.8 cm³/mol. The van der Waals surface area contributed by atoms with Crippen molar-refractivity contribution in [2.45, 2.75) is 39.5 Å². The summed E-state index contributed by atoms with van der Waals surface area (Å²) in [6.45, 7) is 7.35. The normalized spacial score (nSPS) is 23.9. The first-order chi connectivity index (χ1) is 8.33. The molecule has 3 heteroatoms. The summed E-state index contributed by atoms with van der Waals surface area (Å²) in [7, 11) is 6.35. The second-order valence-corrected chi connectivity index (χ2v) is 6.76. The van der Waals surface area contributed by atoms with Gasteiger partial charge in [-0.15, -0.1) is 0 Å². The van der Waals surface area contributed by atoms with Crippen LogP contribution in [0.1, 0.15) is 39.5 Å². The molecule has 1 fully saturated rings. The van der Waals surface area contributed by atoms with Gasteiger partial charge in [0, 0.05) is 17.9 Å². The maximum absolute atomic E-state index is 12.3. The van der Waals surface area contributed by atoms with Gasteiger partial charge >= 0.3 is 0 Å². The molecule has 0 aliphatic heterocycles. The Hall–Kier alpha value is -0.410. The second kappa shape index (κ2) is 6.67. The minimum atomic E-state index is -0.0899. The summed E-state index contributed by atoms with van der Waals surface area (Å²) in [6, 6.07) is 0. The maximum Gasteiger partial charge on any atom is 0.142 e. The molecular formula is C15H30N2O. The van der Waals surface area contributed by atoms with E-state index in [-0.39, 0.29) is 11.3 Å². The Kier molecular flexibility index (Phi) is 5.80. The monoisotopic (exact) mass is 254 g/mol. The first-order valence-electron chi connectivity index (χ1n) is 7.20. The summed E-state index contributed by atoms with van der Waals surface area (Å²) in [6.07, 6.45) is 4.52. The lowest BCUT2D eigenvalue weighted by Gasteiger charge is -2.35. The lowest BCUT2D eigenvalue weighted by Crippen LogP contribution is -2.41. The Morgan fingerprint density at radius 3 is 2.50 bits per heavy atom. The predicted octanol–water partition coefficient (Wildman–Crippen LogP) is 2.27. The van der Waals surface area contributed by atoms with E-state index in [0.29, 0.717) is 5.78 Å². The molecule has 0 bridgehead atoms. The minimum Gasteiger partial charge on any atom is -0.309 e. The molecule has 1 atom stereocenters. The number of carbonyl (C=O) groups is 1. The average molecular weight is 254 g/mol. The van der Waals surface area contributed by atoms with Crippen LogP contribution in [0.4, 0.5) is 0 Å². The first kappa shape index (κ1) is 15.6. The van der Waals surface area contributed by atoms with Crippen molar-refractivity contribution in [3.8, 4) is 0 Å². The topological polar surface area (TPSA) is 23.6 Å². The van der Waals surface area contributed by atoms with Crippen LogP contribution < -0.4 is 0 Å². The summed E-state index contributed by atoms with van der Waals surface area (Å²) in [5.74, 6) is 0.742. The molecule has 0 aromatic carbocycles. The van der Waals surface area contributed by atoms with Gasteiger partial charge in [-0.1, -0.05) is 20.3 Å². The Bertz CT molecular complexity index is 274. The van der Waals surface area contributed by atoms with Gasteiger partial charge < -0.3 is 9.80 Å². The number of ketones is 1. The molecule has 0 saturated heterocycles. The van der Waals surface area contributed by atoms with Crippen LogP contribution >= 0.6 is 0 Å². The van der Waals surface area contributed by atoms with Crippen LogP contribution in [-0.2, 0) is 4.79 Å². The van der Waals surface area contributed by atoms with Gasteiger partial charge in [-0.3, -0.25) is 4.79 Å². The van der Waals surface area contributed by atoms with Crippen LogP contribution in [0.25, 0.3) is 0 Å². The van der Waals surface area contributed by atoms with E-state index in [2.05, 4.69) is 44.8 Å². The molecule has 1 aliphatic rings. The highest BCUT2D eigenvalue weighted by Crippen LogP contribution is 2.35. The van der Waals surface area contributed by atoms with Gasteiger partial charge in [-0.2, -0.15) is 0 Å². The molecule has 0 aromatic rings. The summed E-state index contributed by atoms with van der Waals surface area (Å²) in [5, 5.41) is 0. The highest BCUT2D eigenvalue weighted by molar-refractivity contribution is 5.87. The van der Waals surface area contributed by atoms with Crippen molar-refractivity contribution >= 4 is 5.78 Å². The zero-order chi connectivity index (χ0) is 13.8. The number of rotatable bonds is 6. The number of carbonyl (C=O) groups excluding carboxylic acids is 1. The SMILES string of the molecule is CN(C)CCCN(C)CC1CCCC(C)(C)C1=O. The fourth-order valence-electron chi connectivity index (χ4n) is 2.90. The van der Waals surface area contributed by atoms with E-state index in [1.54, 1.807) is 0 Å². The third-order valence-corrected chi connectivity index (χ3v) is 4.07. The molecule has 0 N–H and O–H groups in total. The largest absolute Gasteiger partial charge is 0.309 e. The van der Waals surface area contributed by atoms with Gasteiger partial charge in [0.2, 0.25) is 0 Å². The van der Waals surface area contributed by atoms with Crippen LogP contribution in [0.2, 0.25) is 0 Å². The molecule has 1 aliphatic carbocycles. The summed E-state index contributed by atoms with van der Waals surface area (Å²) in [4.78, 5) is 16.9. The molecule has 0 aromatic heterocycles. The van der Waals surface area contributed by atoms with Crippen LogP contribution in [0.15, 0.2) is 0 Å². The highest BCUT2D eigenvalue weighted by Gasteiger charge is 2.37. The van der Waals surface area contributed by atoms with Gasteiger partial charge in [0.1, 0.15) is 5.78 Å². The molecule has 0 spiro atoms. The third-order valence-electron chi connectivity index (χ3n) is 4.07. The van der Waals surface area contributed by atoms with Crippen LogP contribution in [-0.4, -0.2) is 56.4 Å². The molecule has 0 radical (unpaired) electrons. The Morgan fingerprint density at radius 1 is 1.22 bits per heavy atom. The number of nitrogens with zero attached hydrogens (tertiary/aromatic N) is 2. The summed E-state index contributed by atoms with van der Waals surface area (Å²) >= 11 is 0. The first-order valence-corrected chi connectivity index (χ1v) is 7.20. The maximum atomic E-state index is 12.3. The van der Waals surface area contributed by atoms with Gasteiger partial charge in [-0.25, -0.2) is 0 Å². The molecule has 0 amide bonds. The van der Waals surface area contributed by atoms with Crippen LogP contribution in [0.3, 0.4) is 0 Å². The van der Waals surface area contributed by atoms with Crippen molar-refractivity contribution < 1.29 is 4.79 Å². The Balaban J connectivity index is 2.35. The molecule has 0 heterocycles. The van der Waals surface area contributed by atoms with E-state index in [9.17, 15) is 4.79 Å². The second-order valence-electron chi connectivity index (χ2n) is 6.76. The van der Waals surface area contributed by atoms with Crippen molar-refractivity contribution in [2.75, 3.05) is 40.8 Å². The summed E-state index contributed by atoms with van der Waals surface area (Å²) in [5.41, 5.74) is -0.0899. The van der Waals surface area contributed by atoms with Gasteiger partial charge in [0.25, 0.3) is 0 Å². The molecule has 3 nitrogen and oxygen atoms in total. The fourth-order valence-corrected chi connectivity index (χ4v) is 2.90. The summed E-state index contributed by atoms with van der Waals surface area (Å²) < 4.78 is 0.